The highest BCUT2D eigenvalue weighted by Crippen LogP contribution is 2.22. The molecule has 0 aromatic heterocycles. The molecule has 1 fully saturated rings. The number of aliphatic hydroxyl groups is 1. The molecule has 0 spiro atoms. The van der Waals surface area contributed by atoms with Crippen molar-refractivity contribution in [2.24, 2.45) is 0 Å². The zero-order valence-corrected chi connectivity index (χ0v) is 12.1. The topological polar surface area (TPSA) is 23.5 Å². The van der Waals surface area contributed by atoms with E-state index in [1.54, 1.807) is 0 Å². The summed E-state index contributed by atoms with van der Waals surface area (Å²) in [5.74, 6) is 0. The minimum Gasteiger partial charge on any atom is -0.396 e. The van der Waals surface area contributed by atoms with E-state index in [2.05, 4.69) is 36.1 Å². The maximum absolute atomic E-state index is 8.95. The van der Waals surface area contributed by atoms with Gasteiger partial charge in [-0.2, -0.15) is 0 Å². The van der Waals surface area contributed by atoms with Gasteiger partial charge in [-0.3, -0.25) is 0 Å². The van der Waals surface area contributed by atoms with Crippen LogP contribution in [0.2, 0.25) is 0 Å². The summed E-state index contributed by atoms with van der Waals surface area (Å²) in [5.41, 5.74) is 2.91. The van der Waals surface area contributed by atoms with Crippen LogP contribution in [-0.4, -0.2) is 35.7 Å². The van der Waals surface area contributed by atoms with Gasteiger partial charge in [0.15, 0.2) is 0 Å². The molecule has 1 aromatic rings. The quantitative estimate of drug-likeness (QED) is 0.815. The van der Waals surface area contributed by atoms with Crippen molar-refractivity contribution in [3.05, 3.63) is 35.4 Å². The Balaban J connectivity index is 1.74. The molecular weight excluding hydrogens is 234 g/mol. The van der Waals surface area contributed by atoms with Gasteiger partial charge in [0.2, 0.25) is 0 Å². The highest BCUT2D eigenvalue weighted by Gasteiger charge is 2.23. The van der Waals surface area contributed by atoms with Crippen LogP contribution in [0.15, 0.2) is 24.3 Å². The largest absolute Gasteiger partial charge is 0.396 e. The predicted molar refractivity (Wildman–Crippen MR) is 80.4 cm³/mol. The van der Waals surface area contributed by atoms with Crippen molar-refractivity contribution in [1.29, 1.82) is 0 Å². The summed E-state index contributed by atoms with van der Waals surface area (Å²) in [5, 5.41) is 8.95. The Kier molecular flexibility index (Phi) is 5.87. The van der Waals surface area contributed by atoms with E-state index in [1.165, 1.54) is 56.3 Å². The Hall–Kier alpha value is -0.860. The summed E-state index contributed by atoms with van der Waals surface area (Å²) < 4.78 is 0. The van der Waals surface area contributed by atoms with Crippen LogP contribution in [0.3, 0.4) is 0 Å². The van der Waals surface area contributed by atoms with Gasteiger partial charge in [0.1, 0.15) is 0 Å². The molecule has 1 N–H and O–H groups in total. The lowest BCUT2D eigenvalue weighted by Gasteiger charge is -2.24. The van der Waals surface area contributed by atoms with Crippen LogP contribution < -0.4 is 0 Å². The van der Waals surface area contributed by atoms with Crippen molar-refractivity contribution in [3.63, 3.8) is 0 Å². The average Bonchev–Trinajstić information content (AvgIpc) is 2.86. The Morgan fingerprint density at radius 2 is 2.11 bits per heavy atom. The van der Waals surface area contributed by atoms with Crippen LogP contribution in [-0.2, 0) is 6.42 Å². The number of benzene rings is 1. The molecule has 2 heteroatoms. The Morgan fingerprint density at radius 3 is 2.89 bits per heavy atom. The number of hydrogen-bond donors (Lipinski definition) is 1. The number of aryl methyl sites for hydroxylation is 2. The first-order valence-electron chi connectivity index (χ1n) is 7.70. The van der Waals surface area contributed by atoms with Gasteiger partial charge < -0.3 is 10.0 Å². The number of likely N-dealkylation sites (tertiary alicyclic amines) is 1. The van der Waals surface area contributed by atoms with Crippen LogP contribution in [0.5, 0.6) is 0 Å². The normalized spacial score (nSPS) is 20.0. The molecule has 1 saturated heterocycles. The Bertz CT molecular complexity index is 377. The minimum atomic E-state index is 0.341. The SMILES string of the molecule is Cc1ccccc1CCCN1CCCC1CCCO. The van der Waals surface area contributed by atoms with Gasteiger partial charge >= 0.3 is 0 Å². The molecule has 0 amide bonds. The number of nitrogens with zero attached hydrogens (tertiary/aromatic N) is 1. The van der Waals surface area contributed by atoms with Crippen molar-refractivity contribution in [2.75, 3.05) is 19.7 Å². The third-order valence-corrected chi connectivity index (χ3v) is 4.35. The van der Waals surface area contributed by atoms with Gasteiger partial charge in [-0.1, -0.05) is 24.3 Å². The van der Waals surface area contributed by atoms with Crippen molar-refractivity contribution in [3.8, 4) is 0 Å². The van der Waals surface area contributed by atoms with Crippen LogP contribution in [0.25, 0.3) is 0 Å². The summed E-state index contributed by atoms with van der Waals surface area (Å²) in [4.78, 5) is 2.63. The third-order valence-electron chi connectivity index (χ3n) is 4.35. The molecule has 19 heavy (non-hydrogen) atoms. The van der Waals surface area contributed by atoms with Gasteiger partial charge in [0.25, 0.3) is 0 Å². The first-order chi connectivity index (χ1) is 9.31. The van der Waals surface area contributed by atoms with E-state index < -0.39 is 0 Å². The standard InChI is InChI=1S/C17H27NO/c1-15-7-2-3-8-16(15)9-4-12-18-13-5-10-17(18)11-6-14-19/h2-3,7-8,17,19H,4-6,9-14H2,1H3. The first kappa shape index (κ1) is 14.5. The van der Waals surface area contributed by atoms with Crippen LogP contribution >= 0.6 is 0 Å². The number of rotatable bonds is 7. The second-order valence-electron chi connectivity index (χ2n) is 5.73. The lowest BCUT2D eigenvalue weighted by molar-refractivity contribution is 0.214. The summed E-state index contributed by atoms with van der Waals surface area (Å²) in [7, 11) is 0. The first-order valence-corrected chi connectivity index (χ1v) is 7.70. The molecule has 2 nitrogen and oxygen atoms in total. The minimum absolute atomic E-state index is 0.341. The van der Waals surface area contributed by atoms with E-state index in [0.717, 1.165) is 12.5 Å². The van der Waals surface area contributed by atoms with Crippen molar-refractivity contribution in [1.82, 2.24) is 4.90 Å². The highest BCUT2D eigenvalue weighted by atomic mass is 16.2. The van der Waals surface area contributed by atoms with Gasteiger partial charge in [0.05, 0.1) is 0 Å². The molecule has 0 bridgehead atoms. The fourth-order valence-corrected chi connectivity index (χ4v) is 3.21. The van der Waals surface area contributed by atoms with Crippen molar-refractivity contribution < 1.29 is 5.11 Å². The number of hydrogen-bond acceptors (Lipinski definition) is 2. The molecule has 1 aliphatic heterocycles. The van der Waals surface area contributed by atoms with Crippen LogP contribution in [0.1, 0.15) is 43.2 Å². The molecule has 0 saturated carbocycles. The average molecular weight is 261 g/mol. The summed E-state index contributed by atoms with van der Waals surface area (Å²) in [6.07, 6.45) is 7.22. The van der Waals surface area contributed by atoms with Crippen molar-refractivity contribution in [2.45, 2.75) is 51.5 Å². The molecule has 1 atom stereocenters. The molecule has 2 rings (SSSR count). The molecule has 1 heterocycles. The maximum atomic E-state index is 8.95. The lowest BCUT2D eigenvalue weighted by atomic mass is 10.0. The molecule has 1 aliphatic rings. The maximum Gasteiger partial charge on any atom is 0.0431 e. The van der Waals surface area contributed by atoms with E-state index in [4.69, 9.17) is 5.11 Å². The second kappa shape index (κ2) is 7.66. The number of aliphatic hydroxyl groups excluding tert-OH is 1. The monoisotopic (exact) mass is 261 g/mol. The molecule has 1 unspecified atom stereocenters. The zero-order chi connectivity index (χ0) is 13.5. The Morgan fingerprint density at radius 1 is 1.26 bits per heavy atom. The smallest absolute Gasteiger partial charge is 0.0431 e. The van der Waals surface area contributed by atoms with Crippen LogP contribution in [0.4, 0.5) is 0 Å². The van der Waals surface area contributed by atoms with Crippen molar-refractivity contribution >= 4 is 0 Å². The third kappa shape index (κ3) is 4.32. The van der Waals surface area contributed by atoms with E-state index >= 15 is 0 Å². The van der Waals surface area contributed by atoms with E-state index in [1.807, 2.05) is 0 Å². The van der Waals surface area contributed by atoms with Crippen LogP contribution in [0, 0.1) is 6.92 Å². The van der Waals surface area contributed by atoms with Gasteiger partial charge in [0, 0.05) is 12.6 Å². The highest BCUT2D eigenvalue weighted by molar-refractivity contribution is 5.25. The van der Waals surface area contributed by atoms with E-state index in [0.29, 0.717) is 6.61 Å². The summed E-state index contributed by atoms with van der Waals surface area (Å²) in [6.45, 7) is 5.01. The summed E-state index contributed by atoms with van der Waals surface area (Å²) in [6, 6.07) is 9.44. The lowest BCUT2D eigenvalue weighted by Crippen LogP contribution is -2.30. The van der Waals surface area contributed by atoms with Gasteiger partial charge in [-0.25, -0.2) is 0 Å². The zero-order valence-electron chi connectivity index (χ0n) is 12.1. The Labute approximate surface area is 117 Å². The molecule has 0 radical (unpaired) electrons. The summed E-state index contributed by atoms with van der Waals surface area (Å²) >= 11 is 0. The van der Waals surface area contributed by atoms with E-state index in [9.17, 15) is 0 Å². The van der Waals surface area contributed by atoms with Gasteiger partial charge in [-0.15, -0.1) is 0 Å². The van der Waals surface area contributed by atoms with Gasteiger partial charge in [-0.05, 0) is 69.7 Å². The second-order valence-corrected chi connectivity index (χ2v) is 5.73. The predicted octanol–water partition coefficient (Wildman–Crippen LogP) is 3.16. The molecule has 106 valence electrons. The molecular formula is C17H27NO. The molecule has 1 aromatic carbocycles. The fourth-order valence-electron chi connectivity index (χ4n) is 3.21. The fraction of sp³-hybridized carbons (Fsp3) is 0.647. The molecule has 0 aliphatic carbocycles. The van der Waals surface area contributed by atoms with E-state index in [-0.39, 0.29) is 0 Å².